The maximum absolute atomic E-state index is 4.33. The number of aliphatic imine (C=N–C) groups is 1. The van der Waals surface area contributed by atoms with Crippen molar-refractivity contribution in [2.45, 2.75) is 0 Å². The third-order valence-electron chi connectivity index (χ3n) is 2.34. The summed E-state index contributed by atoms with van der Waals surface area (Å²) in [6.07, 6.45) is 4.81. The minimum atomic E-state index is 0.594. The van der Waals surface area contributed by atoms with Gasteiger partial charge in [0.25, 0.3) is 0 Å². The van der Waals surface area contributed by atoms with Crippen molar-refractivity contribution < 1.29 is 0 Å². The van der Waals surface area contributed by atoms with E-state index in [0.29, 0.717) is 11.5 Å². The predicted octanol–water partition coefficient (Wildman–Crippen LogP) is 2.10. The molecule has 5 nitrogen and oxygen atoms in total. The molecule has 0 aliphatic heterocycles. The van der Waals surface area contributed by atoms with Crippen LogP contribution in [0, 0.1) is 0 Å². The first kappa shape index (κ1) is 9.65. The molecular weight excluding hydrogens is 214 g/mol. The van der Waals surface area contributed by atoms with E-state index in [0.717, 1.165) is 11.1 Å². The van der Waals surface area contributed by atoms with Crippen LogP contribution in [0.1, 0.15) is 5.56 Å². The van der Waals surface area contributed by atoms with Gasteiger partial charge in [0.1, 0.15) is 11.8 Å². The van der Waals surface area contributed by atoms with E-state index in [9.17, 15) is 0 Å². The molecule has 82 valence electrons. The lowest BCUT2D eigenvalue weighted by Gasteiger charge is -1.94. The largest absolute Gasteiger partial charge is 0.340 e. The molecule has 0 unspecified atom stereocenters. The van der Waals surface area contributed by atoms with Crippen LogP contribution in [0.3, 0.4) is 0 Å². The van der Waals surface area contributed by atoms with Gasteiger partial charge in [-0.1, -0.05) is 30.3 Å². The van der Waals surface area contributed by atoms with Crippen LogP contribution in [-0.4, -0.2) is 26.2 Å². The lowest BCUT2D eigenvalue weighted by Crippen LogP contribution is -1.84. The van der Waals surface area contributed by atoms with E-state index in [1.807, 2.05) is 30.3 Å². The van der Waals surface area contributed by atoms with E-state index in [-0.39, 0.29) is 0 Å². The third kappa shape index (κ3) is 1.90. The van der Waals surface area contributed by atoms with Gasteiger partial charge in [0.05, 0.1) is 6.33 Å². The molecule has 1 N–H and O–H groups in total. The summed E-state index contributed by atoms with van der Waals surface area (Å²) in [6.45, 7) is 0. The second kappa shape index (κ2) is 4.13. The topological polar surface area (TPSA) is 66.8 Å². The smallest absolute Gasteiger partial charge is 0.182 e. The number of benzene rings is 1. The Morgan fingerprint density at radius 1 is 1.06 bits per heavy atom. The quantitative estimate of drug-likeness (QED) is 0.676. The number of H-pyrrole nitrogens is 1. The van der Waals surface area contributed by atoms with E-state index in [1.54, 1.807) is 12.5 Å². The Morgan fingerprint density at radius 2 is 1.94 bits per heavy atom. The highest BCUT2D eigenvalue weighted by Crippen LogP contribution is 2.17. The summed E-state index contributed by atoms with van der Waals surface area (Å²) >= 11 is 0. The maximum atomic E-state index is 4.33. The second-order valence-corrected chi connectivity index (χ2v) is 3.47. The van der Waals surface area contributed by atoms with Crippen molar-refractivity contribution in [2.75, 3.05) is 0 Å². The number of aromatic amines is 1. The molecule has 0 spiro atoms. The summed E-state index contributed by atoms with van der Waals surface area (Å²) in [6, 6.07) is 9.86. The molecule has 0 saturated carbocycles. The molecule has 0 amide bonds. The summed E-state index contributed by atoms with van der Waals surface area (Å²) in [4.78, 5) is 19.5. The minimum absolute atomic E-state index is 0.594. The van der Waals surface area contributed by atoms with Crippen LogP contribution in [0.2, 0.25) is 0 Å². The lowest BCUT2D eigenvalue weighted by atomic mass is 10.2. The average Bonchev–Trinajstić information content (AvgIpc) is 2.86. The van der Waals surface area contributed by atoms with Gasteiger partial charge in [0, 0.05) is 6.21 Å². The number of aromatic nitrogens is 4. The normalized spacial score (nSPS) is 11.3. The molecule has 0 saturated heterocycles. The van der Waals surface area contributed by atoms with E-state index < -0.39 is 0 Å². The molecule has 0 aliphatic rings. The Morgan fingerprint density at radius 3 is 2.82 bits per heavy atom. The van der Waals surface area contributed by atoms with Crippen LogP contribution in [0.4, 0.5) is 5.82 Å². The van der Waals surface area contributed by atoms with Crippen LogP contribution in [0.25, 0.3) is 11.2 Å². The molecule has 5 heteroatoms. The van der Waals surface area contributed by atoms with Gasteiger partial charge in [-0.3, -0.25) is 0 Å². The van der Waals surface area contributed by atoms with Crippen molar-refractivity contribution in [3.8, 4) is 0 Å². The van der Waals surface area contributed by atoms with E-state index >= 15 is 0 Å². The molecule has 1 aromatic carbocycles. The van der Waals surface area contributed by atoms with Crippen LogP contribution < -0.4 is 0 Å². The zero-order chi connectivity index (χ0) is 11.5. The summed E-state index contributed by atoms with van der Waals surface area (Å²) in [5, 5.41) is 0. The number of hydrogen-bond acceptors (Lipinski definition) is 4. The van der Waals surface area contributed by atoms with Crippen molar-refractivity contribution in [3.63, 3.8) is 0 Å². The maximum Gasteiger partial charge on any atom is 0.182 e. The summed E-state index contributed by atoms with van der Waals surface area (Å²) in [7, 11) is 0. The van der Waals surface area contributed by atoms with Gasteiger partial charge < -0.3 is 4.98 Å². The first-order valence-corrected chi connectivity index (χ1v) is 5.17. The molecule has 17 heavy (non-hydrogen) atoms. The van der Waals surface area contributed by atoms with Gasteiger partial charge in [-0.2, -0.15) is 0 Å². The second-order valence-electron chi connectivity index (χ2n) is 3.47. The zero-order valence-corrected chi connectivity index (χ0v) is 8.91. The minimum Gasteiger partial charge on any atom is -0.340 e. The molecule has 0 bridgehead atoms. The SMILES string of the molecule is C(=Nc1ncnc2nc[nH]c12)c1ccccc1. The fraction of sp³-hybridized carbons (Fsp3) is 0. The standard InChI is InChI=1S/C12H9N5/c1-2-4-9(5-3-1)6-13-11-10-12(15-7-14-10)17-8-16-11/h1-8H,(H,14,15,16,17). The van der Waals surface area contributed by atoms with Gasteiger partial charge in [-0.15, -0.1) is 0 Å². The molecular formula is C12H9N5. The lowest BCUT2D eigenvalue weighted by molar-refractivity contribution is 1.18. The Balaban J connectivity index is 2.00. The first-order chi connectivity index (χ1) is 8.43. The van der Waals surface area contributed by atoms with Crippen LogP contribution in [0.5, 0.6) is 0 Å². The molecule has 3 aromatic rings. The fourth-order valence-electron chi connectivity index (χ4n) is 1.52. The Bertz CT molecular complexity index is 657. The summed E-state index contributed by atoms with van der Waals surface area (Å²) < 4.78 is 0. The van der Waals surface area contributed by atoms with Gasteiger partial charge in [-0.05, 0) is 5.56 Å². The van der Waals surface area contributed by atoms with E-state index in [4.69, 9.17) is 0 Å². The Hall–Kier alpha value is -2.56. The Labute approximate surface area is 97.3 Å². The van der Waals surface area contributed by atoms with Crippen molar-refractivity contribution in [2.24, 2.45) is 4.99 Å². The number of fused-ring (bicyclic) bond motifs is 1. The van der Waals surface area contributed by atoms with Crippen molar-refractivity contribution in [3.05, 3.63) is 48.5 Å². The highest BCUT2D eigenvalue weighted by atomic mass is 15.0. The molecule has 0 radical (unpaired) electrons. The van der Waals surface area contributed by atoms with Gasteiger partial charge in [0.15, 0.2) is 11.5 Å². The molecule has 0 fully saturated rings. The number of rotatable bonds is 2. The van der Waals surface area contributed by atoms with Gasteiger partial charge in [0.2, 0.25) is 0 Å². The monoisotopic (exact) mass is 223 g/mol. The van der Waals surface area contributed by atoms with Crippen LogP contribution in [-0.2, 0) is 0 Å². The highest BCUT2D eigenvalue weighted by Gasteiger charge is 2.02. The number of nitrogens with zero attached hydrogens (tertiary/aromatic N) is 4. The Kier molecular flexibility index (Phi) is 2.34. The first-order valence-electron chi connectivity index (χ1n) is 5.17. The molecule has 3 rings (SSSR count). The fourth-order valence-corrected chi connectivity index (χ4v) is 1.52. The van der Waals surface area contributed by atoms with Crippen molar-refractivity contribution in [1.82, 2.24) is 19.9 Å². The van der Waals surface area contributed by atoms with Crippen molar-refractivity contribution >= 4 is 23.2 Å². The van der Waals surface area contributed by atoms with Crippen molar-refractivity contribution in [1.29, 1.82) is 0 Å². The summed E-state index contributed by atoms with van der Waals surface area (Å²) in [5.41, 5.74) is 2.40. The van der Waals surface area contributed by atoms with Gasteiger partial charge >= 0.3 is 0 Å². The van der Waals surface area contributed by atoms with Gasteiger partial charge in [-0.25, -0.2) is 19.9 Å². The zero-order valence-electron chi connectivity index (χ0n) is 8.91. The average molecular weight is 223 g/mol. The molecule has 2 aromatic heterocycles. The highest BCUT2D eigenvalue weighted by molar-refractivity contribution is 5.87. The van der Waals surface area contributed by atoms with E-state index in [1.165, 1.54) is 6.33 Å². The van der Waals surface area contributed by atoms with Crippen LogP contribution >= 0.6 is 0 Å². The molecule has 0 atom stereocenters. The number of hydrogen-bond donors (Lipinski definition) is 1. The number of imidazole rings is 1. The number of nitrogens with one attached hydrogen (secondary N) is 1. The predicted molar refractivity (Wildman–Crippen MR) is 65.4 cm³/mol. The van der Waals surface area contributed by atoms with E-state index in [2.05, 4.69) is 24.9 Å². The summed E-state index contributed by atoms with van der Waals surface area (Å²) in [5.74, 6) is 0.594. The third-order valence-corrected chi connectivity index (χ3v) is 2.34. The molecule has 0 aliphatic carbocycles. The molecule has 2 heterocycles. The van der Waals surface area contributed by atoms with Crippen LogP contribution in [0.15, 0.2) is 48.0 Å².